The Bertz CT molecular complexity index is 1310. The molecule has 0 fully saturated rings. The molecule has 4 aromatic rings. The van der Waals surface area contributed by atoms with Crippen LogP contribution in [0, 0.1) is 20.8 Å². The largest absolute Gasteiger partial charge is 0.497 e. The minimum absolute atomic E-state index is 0.103. The van der Waals surface area contributed by atoms with E-state index in [2.05, 4.69) is 27.6 Å². The van der Waals surface area contributed by atoms with Crippen molar-refractivity contribution < 1.29 is 9.53 Å². The van der Waals surface area contributed by atoms with Crippen molar-refractivity contribution in [3.05, 3.63) is 82.4 Å². The molecule has 0 aliphatic carbocycles. The minimum atomic E-state index is -0.103. The van der Waals surface area contributed by atoms with Crippen LogP contribution in [-0.4, -0.2) is 33.5 Å². The first-order valence-electron chi connectivity index (χ1n) is 10.7. The number of rotatable bonds is 7. The van der Waals surface area contributed by atoms with Crippen molar-refractivity contribution in [1.82, 2.24) is 14.8 Å². The normalized spacial score (nSPS) is 10.9. The highest BCUT2D eigenvalue weighted by atomic mass is 35.5. The number of anilines is 1. The number of amides is 1. The number of aryl methyl sites for hydroxylation is 3. The van der Waals surface area contributed by atoms with Gasteiger partial charge in [-0.1, -0.05) is 53.2 Å². The quantitative estimate of drug-likeness (QED) is 0.309. The Hall–Kier alpha value is -3.29. The Morgan fingerprint density at radius 3 is 2.41 bits per heavy atom. The van der Waals surface area contributed by atoms with Crippen LogP contribution < -0.4 is 10.1 Å². The molecule has 0 bridgehead atoms. The first-order valence-corrected chi connectivity index (χ1v) is 12.1. The van der Waals surface area contributed by atoms with Gasteiger partial charge in [0.05, 0.1) is 12.9 Å². The molecule has 0 spiro atoms. The van der Waals surface area contributed by atoms with Crippen LogP contribution in [0.2, 0.25) is 5.02 Å². The van der Waals surface area contributed by atoms with E-state index in [1.807, 2.05) is 73.9 Å². The molecule has 0 unspecified atom stereocenters. The van der Waals surface area contributed by atoms with Gasteiger partial charge in [-0.25, -0.2) is 0 Å². The molecule has 0 aliphatic rings. The number of thioether (sulfide) groups is 1. The van der Waals surface area contributed by atoms with Gasteiger partial charge in [0.1, 0.15) is 5.75 Å². The summed E-state index contributed by atoms with van der Waals surface area (Å²) in [6.07, 6.45) is 0. The predicted molar refractivity (Wildman–Crippen MR) is 138 cm³/mol. The molecular formula is C26H25ClN4O2S. The number of halogens is 1. The van der Waals surface area contributed by atoms with Crippen LogP contribution in [0.5, 0.6) is 5.75 Å². The van der Waals surface area contributed by atoms with Crippen LogP contribution in [0.3, 0.4) is 0 Å². The van der Waals surface area contributed by atoms with Gasteiger partial charge < -0.3 is 10.1 Å². The van der Waals surface area contributed by atoms with E-state index in [9.17, 15) is 4.79 Å². The predicted octanol–water partition coefficient (Wildman–Crippen LogP) is 6.25. The van der Waals surface area contributed by atoms with E-state index in [1.54, 1.807) is 7.11 Å². The Labute approximate surface area is 208 Å². The van der Waals surface area contributed by atoms with E-state index in [1.165, 1.54) is 17.3 Å². The molecule has 0 saturated heterocycles. The van der Waals surface area contributed by atoms with Crippen molar-refractivity contribution in [3.63, 3.8) is 0 Å². The Morgan fingerprint density at radius 1 is 1.03 bits per heavy atom. The number of carbonyl (C=O) groups is 1. The summed E-state index contributed by atoms with van der Waals surface area (Å²) >= 11 is 7.44. The maximum absolute atomic E-state index is 12.8. The summed E-state index contributed by atoms with van der Waals surface area (Å²) in [5, 5.41) is 13.1. The molecule has 1 N–H and O–H groups in total. The van der Waals surface area contributed by atoms with E-state index in [0.717, 1.165) is 33.8 Å². The number of ether oxygens (including phenoxy) is 1. The highest BCUT2D eigenvalue weighted by molar-refractivity contribution is 7.99. The maximum Gasteiger partial charge on any atom is 0.234 e. The van der Waals surface area contributed by atoms with E-state index in [4.69, 9.17) is 16.3 Å². The van der Waals surface area contributed by atoms with Crippen LogP contribution in [0.15, 0.2) is 65.8 Å². The summed E-state index contributed by atoms with van der Waals surface area (Å²) in [4.78, 5) is 12.8. The molecule has 4 rings (SSSR count). The van der Waals surface area contributed by atoms with Crippen molar-refractivity contribution >= 4 is 35.0 Å². The van der Waals surface area contributed by atoms with Crippen molar-refractivity contribution in [2.24, 2.45) is 0 Å². The molecule has 174 valence electrons. The fourth-order valence-corrected chi connectivity index (χ4v) is 4.70. The van der Waals surface area contributed by atoms with Gasteiger partial charge in [0.25, 0.3) is 0 Å². The second-order valence-electron chi connectivity index (χ2n) is 7.96. The van der Waals surface area contributed by atoms with Gasteiger partial charge in [0, 0.05) is 22.0 Å². The molecule has 1 amide bonds. The fraction of sp³-hybridized carbons (Fsp3) is 0.192. The fourth-order valence-electron chi connectivity index (χ4n) is 3.82. The average molecular weight is 493 g/mol. The van der Waals surface area contributed by atoms with Crippen LogP contribution in [0.1, 0.15) is 16.7 Å². The summed E-state index contributed by atoms with van der Waals surface area (Å²) in [6.45, 7) is 6.05. The lowest BCUT2D eigenvalue weighted by Gasteiger charge is -2.13. The number of hydrogen-bond acceptors (Lipinski definition) is 5. The number of methoxy groups -OCH3 is 1. The maximum atomic E-state index is 12.8. The Balaban J connectivity index is 1.62. The second-order valence-corrected chi connectivity index (χ2v) is 9.34. The second kappa shape index (κ2) is 10.3. The zero-order chi connectivity index (χ0) is 24.2. The van der Waals surface area contributed by atoms with E-state index in [-0.39, 0.29) is 11.7 Å². The van der Waals surface area contributed by atoms with Crippen molar-refractivity contribution in [3.8, 4) is 22.8 Å². The van der Waals surface area contributed by atoms with Crippen LogP contribution in [0.4, 0.5) is 5.69 Å². The van der Waals surface area contributed by atoms with Crippen molar-refractivity contribution in [2.45, 2.75) is 25.9 Å². The van der Waals surface area contributed by atoms with Crippen LogP contribution in [0.25, 0.3) is 17.1 Å². The first-order chi connectivity index (χ1) is 16.4. The first kappa shape index (κ1) is 23.9. The van der Waals surface area contributed by atoms with Gasteiger partial charge >= 0.3 is 0 Å². The Kier molecular flexibility index (Phi) is 7.24. The highest BCUT2D eigenvalue weighted by Gasteiger charge is 2.18. The van der Waals surface area contributed by atoms with Crippen molar-refractivity contribution in [1.29, 1.82) is 0 Å². The van der Waals surface area contributed by atoms with Crippen LogP contribution in [-0.2, 0) is 4.79 Å². The monoisotopic (exact) mass is 492 g/mol. The third-order valence-electron chi connectivity index (χ3n) is 5.32. The average Bonchev–Trinajstić information content (AvgIpc) is 3.24. The third-order valence-corrected chi connectivity index (χ3v) is 6.50. The molecule has 34 heavy (non-hydrogen) atoms. The van der Waals surface area contributed by atoms with E-state index in [0.29, 0.717) is 16.0 Å². The van der Waals surface area contributed by atoms with Gasteiger partial charge in [0.15, 0.2) is 11.0 Å². The lowest BCUT2D eigenvalue weighted by atomic mass is 10.1. The van der Waals surface area contributed by atoms with Gasteiger partial charge in [-0.3, -0.25) is 9.36 Å². The third kappa shape index (κ3) is 5.26. The highest BCUT2D eigenvalue weighted by Crippen LogP contribution is 2.30. The molecule has 1 heterocycles. The summed E-state index contributed by atoms with van der Waals surface area (Å²) in [5.41, 5.74) is 5.81. The Morgan fingerprint density at radius 2 is 1.74 bits per heavy atom. The molecule has 6 nitrogen and oxygen atoms in total. The molecule has 0 radical (unpaired) electrons. The summed E-state index contributed by atoms with van der Waals surface area (Å²) in [6, 6.07) is 19.2. The van der Waals surface area contributed by atoms with E-state index < -0.39 is 0 Å². The van der Waals surface area contributed by atoms with Gasteiger partial charge in [0.2, 0.25) is 5.91 Å². The van der Waals surface area contributed by atoms with Gasteiger partial charge in [-0.2, -0.15) is 0 Å². The molecule has 1 aromatic heterocycles. The molecule has 0 saturated carbocycles. The number of nitrogens with one attached hydrogen (secondary N) is 1. The molecule has 3 aromatic carbocycles. The van der Waals surface area contributed by atoms with E-state index >= 15 is 0 Å². The van der Waals surface area contributed by atoms with Crippen LogP contribution >= 0.6 is 23.4 Å². The molecule has 8 heteroatoms. The van der Waals surface area contributed by atoms with Crippen molar-refractivity contribution in [2.75, 3.05) is 18.2 Å². The molecular weight excluding hydrogens is 468 g/mol. The van der Waals surface area contributed by atoms with Gasteiger partial charge in [-0.15, -0.1) is 10.2 Å². The number of benzene rings is 3. The lowest BCUT2D eigenvalue weighted by Crippen LogP contribution is -2.16. The SMILES string of the molecule is COc1cccc(-c2nnc(SCC(=O)Nc3c(C)cc(C)cc3C)n2-c2ccc(Cl)cc2)c1. The van der Waals surface area contributed by atoms with Gasteiger partial charge in [-0.05, 0) is 68.3 Å². The summed E-state index contributed by atoms with van der Waals surface area (Å²) < 4.78 is 7.30. The topological polar surface area (TPSA) is 69.0 Å². The summed E-state index contributed by atoms with van der Waals surface area (Å²) in [5.74, 6) is 1.46. The number of hydrogen-bond donors (Lipinski definition) is 1. The number of carbonyl (C=O) groups excluding carboxylic acids is 1. The number of nitrogens with zero attached hydrogens (tertiary/aromatic N) is 3. The molecule has 0 aliphatic heterocycles. The molecule has 0 atom stereocenters. The zero-order valence-corrected chi connectivity index (χ0v) is 21.0. The lowest BCUT2D eigenvalue weighted by molar-refractivity contribution is -0.113. The minimum Gasteiger partial charge on any atom is -0.497 e. The smallest absolute Gasteiger partial charge is 0.234 e. The number of aromatic nitrogens is 3. The summed E-state index contributed by atoms with van der Waals surface area (Å²) in [7, 11) is 1.63. The zero-order valence-electron chi connectivity index (χ0n) is 19.4. The standard InChI is InChI=1S/C26H25ClN4O2S/c1-16-12-17(2)24(18(3)13-16)28-23(32)15-34-26-30-29-25(19-6-5-7-22(14-19)33-4)31(26)21-10-8-20(27)9-11-21/h5-14H,15H2,1-4H3,(H,28,32).